The molecule has 122 valence electrons. The van der Waals surface area contributed by atoms with Gasteiger partial charge in [0.2, 0.25) is 0 Å². The molecular weight excluding hydrogens is 326 g/mol. The zero-order valence-electron chi connectivity index (χ0n) is 13.1. The van der Waals surface area contributed by atoms with E-state index in [9.17, 15) is 4.79 Å². The first kappa shape index (κ1) is 16.0. The number of benzene rings is 1. The summed E-state index contributed by atoms with van der Waals surface area (Å²) in [5.41, 5.74) is 9.03. The number of nitrogens with one attached hydrogen (secondary N) is 1. The number of nitrogens with zero attached hydrogens (tertiary/aromatic N) is 3. The van der Waals surface area contributed by atoms with Gasteiger partial charge in [0.1, 0.15) is 5.82 Å². The standard InChI is InChI=1S/C16H15N5O2S/c1-8-5-11(17)10-6-9(3-4-12(10)18-8)19-14-7-13(15(22)23)20-16(21-14)24-2/h3-7H,1-2H3,(H2,17,18)(H,22,23)(H,19,20,21). The predicted molar refractivity (Wildman–Crippen MR) is 94.9 cm³/mol. The lowest BCUT2D eigenvalue weighted by Gasteiger charge is -2.10. The number of carboxylic acids is 1. The Labute approximate surface area is 142 Å². The fourth-order valence-corrected chi connectivity index (χ4v) is 2.68. The van der Waals surface area contributed by atoms with Gasteiger partial charge in [0.05, 0.1) is 5.52 Å². The van der Waals surface area contributed by atoms with Crippen LogP contribution in [0.15, 0.2) is 35.5 Å². The molecule has 0 bridgehead atoms. The van der Waals surface area contributed by atoms with E-state index in [4.69, 9.17) is 10.8 Å². The van der Waals surface area contributed by atoms with Crippen LogP contribution in [-0.4, -0.2) is 32.3 Å². The second-order valence-corrected chi connectivity index (χ2v) is 5.91. The first-order chi connectivity index (χ1) is 11.5. The zero-order valence-corrected chi connectivity index (χ0v) is 13.9. The summed E-state index contributed by atoms with van der Waals surface area (Å²) < 4.78 is 0. The topological polar surface area (TPSA) is 114 Å². The van der Waals surface area contributed by atoms with Gasteiger partial charge >= 0.3 is 5.97 Å². The highest BCUT2D eigenvalue weighted by atomic mass is 32.2. The number of pyridine rings is 1. The number of aromatic carboxylic acids is 1. The van der Waals surface area contributed by atoms with Gasteiger partial charge in [-0.25, -0.2) is 14.8 Å². The van der Waals surface area contributed by atoms with Crippen molar-refractivity contribution in [3.05, 3.63) is 41.7 Å². The Bertz CT molecular complexity index is 945. The van der Waals surface area contributed by atoms with Crippen molar-refractivity contribution in [3.8, 4) is 0 Å². The van der Waals surface area contributed by atoms with Crippen LogP contribution in [-0.2, 0) is 0 Å². The van der Waals surface area contributed by atoms with Gasteiger partial charge in [-0.2, -0.15) is 0 Å². The van der Waals surface area contributed by atoms with Crippen LogP contribution in [0.2, 0.25) is 0 Å². The highest BCUT2D eigenvalue weighted by molar-refractivity contribution is 7.98. The molecule has 7 nitrogen and oxygen atoms in total. The van der Waals surface area contributed by atoms with Gasteiger partial charge in [-0.3, -0.25) is 4.98 Å². The number of nitrogens with two attached hydrogens (primary N) is 1. The lowest BCUT2D eigenvalue weighted by Crippen LogP contribution is -2.05. The molecule has 0 saturated heterocycles. The molecule has 2 aromatic heterocycles. The summed E-state index contributed by atoms with van der Waals surface area (Å²) in [7, 11) is 0. The molecule has 0 atom stereocenters. The summed E-state index contributed by atoms with van der Waals surface area (Å²) in [5.74, 6) is -0.692. The fraction of sp³-hybridized carbons (Fsp3) is 0.125. The van der Waals surface area contributed by atoms with E-state index in [2.05, 4.69) is 20.3 Å². The monoisotopic (exact) mass is 341 g/mol. The molecular formula is C16H15N5O2S. The summed E-state index contributed by atoms with van der Waals surface area (Å²) in [5, 5.41) is 13.5. The molecule has 0 aliphatic rings. The zero-order chi connectivity index (χ0) is 17.3. The maximum absolute atomic E-state index is 11.2. The van der Waals surface area contributed by atoms with Crippen molar-refractivity contribution >= 4 is 45.8 Å². The molecule has 3 aromatic rings. The number of anilines is 3. The molecule has 0 aliphatic carbocycles. The van der Waals surface area contributed by atoms with Gasteiger partial charge in [0.15, 0.2) is 10.9 Å². The average Bonchev–Trinajstić information content (AvgIpc) is 2.55. The Morgan fingerprint density at radius 2 is 2.00 bits per heavy atom. The van der Waals surface area contributed by atoms with Crippen LogP contribution in [0.1, 0.15) is 16.2 Å². The van der Waals surface area contributed by atoms with Crippen LogP contribution in [0.5, 0.6) is 0 Å². The molecule has 1 aromatic carbocycles. The van der Waals surface area contributed by atoms with Crippen molar-refractivity contribution in [1.82, 2.24) is 15.0 Å². The van der Waals surface area contributed by atoms with Crippen molar-refractivity contribution in [2.75, 3.05) is 17.3 Å². The van der Waals surface area contributed by atoms with E-state index in [1.165, 1.54) is 17.8 Å². The SMILES string of the molecule is CSc1nc(Nc2ccc3nc(C)cc(N)c3c2)cc(C(=O)O)n1. The van der Waals surface area contributed by atoms with Gasteiger partial charge in [0.25, 0.3) is 0 Å². The summed E-state index contributed by atoms with van der Waals surface area (Å²) in [4.78, 5) is 23.8. The van der Waals surface area contributed by atoms with Gasteiger partial charge in [0, 0.05) is 28.5 Å². The van der Waals surface area contributed by atoms with Crippen LogP contribution in [0, 0.1) is 6.92 Å². The number of aromatic nitrogens is 3. The maximum atomic E-state index is 11.2. The Hall–Kier alpha value is -2.87. The summed E-state index contributed by atoms with van der Waals surface area (Å²) in [6.45, 7) is 1.89. The molecule has 0 fully saturated rings. The molecule has 4 N–H and O–H groups in total. The minimum atomic E-state index is -1.10. The van der Waals surface area contributed by atoms with Crippen molar-refractivity contribution in [3.63, 3.8) is 0 Å². The van der Waals surface area contributed by atoms with E-state index in [0.717, 1.165) is 22.3 Å². The average molecular weight is 341 g/mol. The molecule has 2 heterocycles. The number of thioether (sulfide) groups is 1. The summed E-state index contributed by atoms with van der Waals surface area (Å²) >= 11 is 1.28. The lowest BCUT2D eigenvalue weighted by molar-refractivity contribution is 0.0689. The molecule has 8 heteroatoms. The van der Waals surface area contributed by atoms with Gasteiger partial charge in [-0.15, -0.1) is 0 Å². The molecule has 0 unspecified atom stereocenters. The van der Waals surface area contributed by atoms with E-state index >= 15 is 0 Å². The van der Waals surface area contributed by atoms with Crippen molar-refractivity contribution in [2.45, 2.75) is 12.1 Å². The molecule has 3 rings (SSSR count). The van der Waals surface area contributed by atoms with Crippen LogP contribution in [0.3, 0.4) is 0 Å². The third-order valence-electron chi connectivity index (χ3n) is 3.35. The molecule has 0 spiro atoms. The Morgan fingerprint density at radius 1 is 1.21 bits per heavy atom. The van der Waals surface area contributed by atoms with Gasteiger partial charge in [-0.1, -0.05) is 11.8 Å². The third-order valence-corrected chi connectivity index (χ3v) is 3.90. The van der Waals surface area contributed by atoms with Crippen molar-refractivity contribution in [1.29, 1.82) is 0 Å². The first-order valence-corrected chi connectivity index (χ1v) is 8.29. The molecule has 0 radical (unpaired) electrons. The second kappa shape index (κ2) is 6.32. The highest BCUT2D eigenvalue weighted by Crippen LogP contribution is 2.26. The number of aryl methyl sites for hydroxylation is 1. The second-order valence-electron chi connectivity index (χ2n) is 5.14. The van der Waals surface area contributed by atoms with Crippen molar-refractivity contribution < 1.29 is 9.90 Å². The summed E-state index contributed by atoms with van der Waals surface area (Å²) in [6, 6.07) is 8.76. The lowest BCUT2D eigenvalue weighted by atomic mass is 10.1. The van der Waals surface area contributed by atoms with E-state index < -0.39 is 5.97 Å². The molecule has 0 aliphatic heterocycles. The van der Waals surface area contributed by atoms with Crippen LogP contribution >= 0.6 is 11.8 Å². The summed E-state index contributed by atoms with van der Waals surface area (Å²) in [6.07, 6.45) is 1.79. The minimum absolute atomic E-state index is 0.0607. The number of carboxylic acid groups (broad SMARTS) is 1. The number of fused-ring (bicyclic) bond motifs is 1. The van der Waals surface area contributed by atoms with E-state index in [1.807, 2.05) is 31.2 Å². The van der Waals surface area contributed by atoms with Crippen molar-refractivity contribution in [2.24, 2.45) is 0 Å². The van der Waals surface area contributed by atoms with Gasteiger partial charge in [-0.05, 0) is 37.4 Å². The third kappa shape index (κ3) is 3.23. The smallest absolute Gasteiger partial charge is 0.354 e. The molecule has 0 saturated carbocycles. The van der Waals surface area contributed by atoms with Crippen LogP contribution in [0.4, 0.5) is 17.2 Å². The van der Waals surface area contributed by atoms with Crippen LogP contribution in [0.25, 0.3) is 10.9 Å². The number of carbonyl (C=O) groups is 1. The minimum Gasteiger partial charge on any atom is -0.477 e. The fourth-order valence-electron chi connectivity index (χ4n) is 2.31. The number of hydrogen-bond donors (Lipinski definition) is 3. The predicted octanol–water partition coefficient (Wildman–Crippen LogP) is 3.08. The van der Waals surface area contributed by atoms with E-state index in [-0.39, 0.29) is 5.69 Å². The quantitative estimate of drug-likeness (QED) is 0.490. The number of rotatable bonds is 4. The largest absolute Gasteiger partial charge is 0.477 e. The van der Waals surface area contributed by atoms with E-state index in [0.29, 0.717) is 16.7 Å². The van der Waals surface area contributed by atoms with Crippen LogP contribution < -0.4 is 11.1 Å². The highest BCUT2D eigenvalue weighted by Gasteiger charge is 2.11. The number of nitrogen functional groups attached to an aromatic ring is 1. The molecule has 0 amide bonds. The Morgan fingerprint density at radius 3 is 2.71 bits per heavy atom. The normalized spacial score (nSPS) is 10.8. The Balaban J connectivity index is 2.00. The first-order valence-electron chi connectivity index (χ1n) is 7.06. The van der Waals surface area contributed by atoms with Gasteiger partial charge < -0.3 is 16.2 Å². The van der Waals surface area contributed by atoms with E-state index in [1.54, 1.807) is 6.26 Å². The maximum Gasteiger partial charge on any atom is 0.354 e. The Kier molecular flexibility index (Phi) is 4.22. The molecule has 24 heavy (non-hydrogen) atoms. The number of hydrogen-bond acceptors (Lipinski definition) is 7.